The van der Waals surface area contributed by atoms with Gasteiger partial charge in [0.15, 0.2) is 0 Å². The number of carbonyl (C=O) groups is 2. The number of halogens is 1. The van der Waals surface area contributed by atoms with Crippen LogP contribution in [0, 0.1) is 11.7 Å². The first-order chi connectivity index (χ1) is 11.4. The minimum atomic E-state index is -0.420. The summed E-state index contributed by atoms with van der Waals surface area (Å²) in [4.78, 5) is 28.2. The first-order valence-corrected chi connectivity index (χ1v) is 8.27. The molecule has 0 fully saturated rings. The molecule has 0 radical (unpaired) electrons. The van der Waals surface area contributed by atoms with Crippen LogP contribution < -0.4 is 0 Å². The van der Waals surface area contributed by atoms with Crippen LogP contribution in [-0.2, 0) is 9.53 Å². The van der Waals surface area contributed by atoms with Gasteiger partial charge in [0.05, 0.1) is 13.0 Å². The molecule has 0 aliphatic heterocycles. The minimum Gasteiger partial charge on any atom is -0.469 e. The summed E-state index contributed by atoms with van der Waals surface area (Å²) in [6.07, 6.45) is 0. The van der Waals surface area contributed by atoms with Gasteiger partial charge in [-0.2, -0.15) is 0 Å². The highest BCUT2D eigenvalue weighted by molar-refractivity contribution is 5.94. The molecule has 0 aliphatic rings. The van der Waals surface area contributed by atoms with E-state index in [0.29, 0.717) is 18.7 Å². The molecule has 1 amide bonds. The van der Waals surface area contributed by atoms with Crippen molar-refractivity contribution in [2.45, 2.75) is 20.8 Å². The molecule has 0 N–H and O–H groups in total. The Morgan fingerprint density at radius 3 is 2.21 bits per heavy atom. The highest BCUT2D eigenvalue weighted by Gasteiger charge is 2.22. The van der Waals surface area contributed by atoms with Gasteiger partial charge in [0, 0.05) is 25.2 Å². The Kier molecular flexibility index (Phi) is 8.40. The zero-order valence-corrected chi connectivity index (χ0v) is 14.9. The molecule has 0 aliphatic carbocycles. The van der Waals surface area contributed by atoms with Crippen molar-refractivity contribution in [1.82, 2.24) is 9.80 Å². The average molecular weight is 338 g/mol. The fourth-order valence-corrected chi connectivity index (χ4v) is 2.46. The molecule has 0 heterocycles. The smallest absolute Gasteiger partial charge is 0.310 e. The van der Waals surface area contributed by atoms with Crippen molar-refractivity contribution in [1.29, 1.82) is 0 Å². The monoisotopic (exact) mass is 338 g/mol. The topological polar surface area (TPSA) is 49.9 Å². The maximum atomic E-state index is 13.1. The molecule has 0 saturated heterocycles. The number of benzene rings is 1. The van der Waals surface area contributed by atoms with Crippen LogP contribution in [0.25, 0.3) is 0 Å². The zero-order valence-electron chi connectivity index (χ0n) is 14.9. The Morgan fingerprint density at radius 2 is 1.71 bits per heavy atom. The predicted octanol–water partition coefficient (Wildman–Crippen LogP) is 2.42. The van der Waals surface area contributed by atoms with E-state index in [1.54, 1.807) is 11.8 Å². The largest absolute Gasteiger partial charge is 0.469 e. The van der Waals surface area contributed by atoms with Crippen LogP contribution in [0.15, 0.2) is 24.3 Å². The van der Waals surface area contributed by atoms with Crippen LogP contribution in [0.2, 0.25) is 0 Å². The second-order valence-corrected chi connectivity index (χ2v) is 5.71. The lowest BCUT2D eigenvalue weighted by molar-refractivity contribution is -0.145. The summed E-state index contributed by atoms with van der Waals surface area (Å²) in [5.41, 5.74) is 0.410. The fourth-order valence-electron chi connectivity index (χ4n) is 2.46. The molecule has 1 atom stereocenters. The first kappa shape index (κ1) is 20.1. The van der Waals surface area contributed by atoms with Crippen molar-refractivity contribution in [3.8, 4) is 0 Å². The third-order valence-corrected chi connectivity index (χ3v) is 4.06. The molecule has 1 rings (SSSR count). The number of likely N-dealkylation sites (N-methyl/N-ethyl adjacent to an activating group) is 1. The van der Waals surface area contributed by atoms with Gasteiger partial charge in [-0.25, -0.2) is 4.39 Å². The minimum absolute atomic E-state index is 0.210. The van der Waals surface area contributed by atoms with Crippen molar-refractivity contribution in [2.24, 2.45) is 5.92 Å². The van der Waals surface area contributed by atoms with E-state index in [0.717, 1.165) is 13.1 Å². The average Bonchev–Trinajstić information content (AvgIpc) is 2.60. The number of nitrogens with zero attached hydrogens (tertiary/aromatic N) is 2. The van der Waals surface area contributed by atoms with Crippen LogP contribution >= 0.6 is 0 Å². The SMILES string of the molecule is CCN(CC)CCN(CC(C)C(=O)OC)C(=O)c1ccc(F)cc1. The van der Waals surface area contributed by atoms with Crippen LogP contribution in [0.4, 0.5) is 4.39 Å². The molecule has 6 heteroatoms. The summed E-state index contributed by atoms with van der Waals surface area (Å²) >= 11 is 0. The number of carbonyl (C=O) groups excluding carboxylic acids is 2. The second kappa shape index (κ2) is 10.0. The number of esters is 1. The van der Waals surface area contributed by atoms with E-state index >= 15 is 0 Å². The molecule has 24 heavy (non-hydrogen) atoms. The molecule has 5 nitrogen and oxygen atoms in total. The maximum Gasteiger partial charge on any atom is 0.310 e. The van der Waals surface area contributed by atoms with Crippen molar-refractivity contribution < 1.29 is 18.7 Å². The van der Waals surface area contributed by atoms with Crippen LogP contribution in [0.3, 0.4) is 0 Å². The van der Waals surface area contributed by atoms with Gasteiger partial charge < -0.3 is 14.5 Å². The van der Waals surface area contributed by atoms with Crippen molar-refractivity contribution in [3.05, 3.63) is 35.6 Å². The Morgan fingerprint density at radius 1 is 1.12 bits per heavy atom. The summed E-state index contributed by atoms with van der Waals surface area (Å²) in [7, 11) is 1.33. The number of hydrogen-bond donors (Lipinski definition) is 0. The van der Waals surface area contributed by atoms with Crippen LogP contribution in [-0.4, -0.2) is 61.5 Å². The summed E-state index contributed by atoms with van der Waals surface area (Å²) < 4.78 is 17.8. The van der Waals surface area contributed by atoms with Crippen LogP contribution in [0.1, 0.15) is 31.1 Å². The molecule has 1 aromatic carbocycles. The summed E-state index contributed by atoms with van der Waals surface area (Å²) in [5, 5.41) is 0. The van der Waals surface area contributed by atoms with Crippen molar-refractivity contribution >= 4 is 11.9 Å². The van der Waals surface area contributed by atoms with Gasteiger partial charge in [-0.05, 0) is 37.4 Å². The molecule has 134 valence electrons. The Bertz CT molecular complexity index is 530. The summed E-state index contributed by atoms with van der Waals surface area (Å²) in [5.74, 6) is -1.37. The lowest BCUT2D eigenvalue weighted by Crippen LogP contribution is -2.42. The Hall–Kier alpha value is -1.95. The highest BCUT2D eigenvalue weighted by Crippen LogP contribution is 2.10. The number of methoxy groups -OCH3 is 1. The summed E-state index contributed by atoms with van der Waals surface area (Å²) in [6.45, 7) is 9.12. The van der Waals surface area contributed by atoms with Gasteiger partial charge in [-0.15, -0.1) is 0 Å². The van der Waals surface area contributed by atoms with E-state index in [-0.39, 0.29) is 24.2 Å². The van der Waals surface area contributed by atoms with Gasteiger partial charge in [-0.3, -0.25) is 9.59 Å². The molecule has 0 spiro atoms. The molecular weight excluding hydrogens is 311 g/mol. The van der Waals surface area contributed by atoms with Gasteiger partial charge in [-0.1, -0.05) is 20.8 Å². The Balaban J connectivity index is 2.87. The van der Waals surface area contributed by atoms with E-state index in [1.165, 1.54) is 31.4 Å². The second-order valence-electron chi connectivity index (χ2n) is 5.71. The standard InChI is InChI=1S/C18H27FN2O3/c1-5-20(6-2)11-12-21(13-14(3)18(23)24-4)17(22)15-7-9-16(19)10-8-15/h7-10,14H,5-6,11-13H2,1-4H3. The fraction of sp³-hybridized carbons (Fsp3) is 0.556. The first-order valence-electron chi connectivity index (χ1n) is 8.27. The van der Waals surface area contributed by atoms with Crippen LogP contribution in [0.5, 0.6) is 0 Å². The van der Waals surface area contributed by atoms with Crippen molar-refractivity contribution in [2.75, 3.05) is 39.8 Å². The van der Waals surface area contributed by atoms with E-state index in [4.69, 9.17) is 4.74 Å². The third kappa shape index (κ3) is 5.92. The predicted molar refractivity (Wildman–Crippen MR) is 91.3 cm³/mol. The Labute approximate surface area is 143 Å². The van der Waals surface area contributed by atoms with Crippen molar-refractivity contribution in [3.63, 3.8) is 0 Å². The quantitative estimate of drug-likeness (QED) is 0.649. The molecular formula is C18H27FN2O3. The van der Waals surface area contributed by atoms with Gasteiger partial charge in [0.2, 0.25) is 0 Å². The lowest BCUT2D eigenvalue weighted by atomic mass is 10.1. The van der Waals surface area contributed by atoms with E-state index in [2.05, 4.69) is 18.7 Å². The molecule has 1 unspecified atom stereocenters. The maximum absolute atomic E-state index is 13.1. The normalized spacial score (nSPS) is 12.1. The zero-order chi connectivity index (χ0) is 18.1. The van der Waals surface area contributed by atoms with E-state index < -0.39 is 5.92 Å². The van der Waals surface area contributed by atoms with E-state index in [9.17, 15) is 14.0 Å². The molecule has 0 bridgehead atoms. The van der Waals surface area contributed by atoms with Gasteiger partial charge in [0.25, 0.3) is 5.91 Å². The van der Waals surface area contributed by atoms with Gasteiger partial charge in [0.1, 0.15) is 5.82 Å². The third-order valence-electron chi connectivity index (χ3n) is 4.06. The van der Waals surface area contributed by atoms with E-state index in [1.807, 2.05) is 0 Å². The highest BCUT2D eigenvalue weighted by atomic mass is 19.1. The molecule has 0 aromatic heterocycles. The molecule has 1 aromatic rings. The summed E-state index contributed by atoms with van der Waals surface area (Å²) in [6, 6.07) is 5.45. The number of rotatable bonds is 9. The lowest BCUT2D eigenvalue weighted by Gasteiger charge is -2.28. The molecule has 0 saturated carbocycles. The number of amides is 1. The van der Waals surface area contributed by atoms with Gasteiger partial charge >= 0.3 is 5.97 Å². The number of ether oxygens (including phenoxy) is 1. The number of hydrogen-bond acceptors (Lipinski definition) is 4.